The molecule has 0 radical (unpaired) electrons. The lowest BCUT2D eigenvalue weighted by atomic mass is 10.1. The fourth-order valence-corrected chi connectivity index (χ4v) is 2.69. The zero-order chi connectivity index (χ0) is 21.9. The molecule has 6 nitrogen and oxygen atoms in total. The quantitative estimate of drug-likeness (QED) is 0.422. The SMILES string of the molecule is CC(C)=CCC/C(C)=C/COc1ccc([C@H](O)CNC(=O)/C=C/S(C)(=O)=O)cc1. The molecule has 7 heteroatoms. The summed E-state index contributed by atoms with van der Waals surface area (Å²) in [6.45, 7) is 6.71. The number of amides is 1. The summed E-state index contributed by atoms with van der Waals surface area (Å²) < 4.78 is 27.6. The van der Waals surface area contributed by atoms with E-state index in [0.717, 1.165) is 30.6 Å². The molecule has 1 atom stereocenters. The van der Waals surface area contributed by atoms with E-state index in [0.29, 0.717) is 17.9 Å². The average Bonchev–Trinajstić information content (AvgIpc) is 2.64. The maximum Gasteiger partial charge on any atom is 0.244 e. The molecule has 0 bridgehead atoms. The largest absolute Gasteiger partial charge is 0.490 e. The van der Waals surface area contributed by atoms with E-state index >= 15 is 0 Å². The number of carbonyl (C=O) groups excluding carboxylic acids is 1. The highest BCUT2D eigenvalue weighted by Crippen LogP contribution is 2.18. The Hall–Kier alpha value is -2.38. The standard InChI is InChI=1S/C22H31NO5S/c1-17(2)6-5-7-18(3)12-14-28-20-10-8-19(9-11-20)21(24)16-23-22(25)13-15-29(4,26)27/h6,8-13,15,21,24H,5,7,14,16H2,1-4H3,(H,23,25)/b15-13+,18-12+/t21-/m1/s1. The summed E-state index contributed by atoms with van der Waals surface area (Å²) in [6.07, 6.45) is 7.32. The van der Waals surface area contributed by atoms with Crippen LogP contribution in [0.1, 0.15) is 45.3 Å². The average molecular weight is 422 g/mol. The molecule has 29 heavy (non-hydrogen) atoms. The summed E-state index contributed by atoms with van der Waals surface area (Å²) in [5.41, 5.74) is 3.22. The summed E-state index contributed by atoms with van der Waals surface area (Å²) >= 11 is 0. The first-order chi connectivity index (χ1) is 13.6. The smallest absolute Gasteiger partial charge is 0.244 e. The van der Waals surface area contributed by atoms with Crippen molar-refractivity contribution < 1.29 is 23.1 Å². The van der Waals surface area contributed by atoms with Gasteiger partial charge in [0.2, 0.25) is 5.91 Å². The third kappa shape index (κ3) is 11.9. The molecule has 0 heterocycles. The summed E-state index contributed by atoms with van der Waals surface area (Å²) in [5, 5.41) is 13.4. The molecule has 1 amide bonds. The van der Waals surface area contributed by atoms with E-state index in [1.807, 2.05) is 0 Å². The molecule has 0 saturated carbocycles. The second-order valence-electron chi connectivity index (χ2n) is 7.14. The Morgan fingerprint density at radius 1 is 1.17 bits per heavy atom. The second kappa shape index (κ2) is 12.2. The van der Waals surface area contributed by atoms with Crippen LogP contribution in [-0.4, -0.2) is 38.8 Å². The predicted octanol–water partition coefficient (Wildman–Crippen LogP) is 3.47. The Bertz CT molecular complexity index is 848. The number of hydrogen-bond donors (Lipinski definition) is 2. The van der Waals surface area contributed by atoms with Crippen molar-refractivity contribution in [2.75, 3.05) is 19.4 Å². The van der Waals surface area contributed by atoms with Gasteiger partial charge in [0.1, 0.15) is 12.4 Å². The minimum absolute atomic E-state index is 0.0270. The molecule has 0 aliphatic heterocycles. The van der Waals surface area contributed by atoms with Gasteiger partial charge in [0.25, 0.3) is 0 Å². The fraction of sp³-hybridized carbons (Fsp3) is 0.409. The second-order valence-corrected chi connectivity index (χ2v) is 9.08. The molecule has 2 N–H and O–H groups in total. The minimum atomic E-state index is -3.36. The normalized spacial score (nSPS) is 13.2. The highest BCUT2D eigenvalue weighted by atomic mass is 32.2. The number of benzene rings is 1. The van der Waals surface area contributed by atoms with Crippen molar-refractivity contribution in [1.29, 1.82) is 0 Å². The van der Waals surface area contributed by atoms with Crippen LogP contribution in [0.2, 0.25) is 0 Å². The molecule has 160 valence electrons. The number of aliphatic hydroxyl groups excluding tert-OH is 1. The molecule has 1 aromatic carbocycles. The van der Waals surface area contributed by atoms with Crippen LogP contribution in [-0.2, 0) is 14.6 Å². The molecule has 0 spiro atoms. The van der Waals surface area contributed by atoms with Crippen LogP contribution in [0.5, 0.6) is 5.75 Å². The summed E-state index contributed by atoms with van der Waals surface area (Å²) in [5.74, 6) is 0.107. The van der Waals surface area contributed by atoms with Crippen molar-refractivity contribution in [3.63, 3.8) is 0 Å². The summed E-state index contributed by atoms with van der Waals surface area (Å²) in [6, 6.07) is 6.97. The van der Waals surface area contributed by atoms with E-state index in [4.69, 9.17) is 4.74 Å². The predicted molar refractivity (Wildman–Crippen MR) is 116 cm³/mol. The molecular weight excluding hydrogens is 390 g/mol. The third-order valence-electron chi connectivity index (χ3n) is 3.97. The summed E-state index contributed by atoms with van der Waals surface area (Å²) in [4.78, 5) is 11.5. The molecule has 0 aromatic heterocycles. The van der Waals surface area contributed by atoms with E-state index in [2.05, 4.69) is 38.2 Å². The van der Waals surface area contributed by atoms with Crippen molar-refractivity contribution in [2.24, 2.45) is 0 Å². The highest BCUT2D eigenvalue weighted by molar-refractivity contribution is 7.93. The van der Waals surface area contributed by atoms with Crippen LogP contribution in [0.3, 0.4) is 0 Å². The van der Waals surface area contributed by atoms with E-state index in [9.17, 15) is 18.3 Å². The van der Waals surface area contributed by atoms with Crippen LogP contribution in [0.25, 0.3) is 0 Å². The van der Waals surface area contributed by atoms with Crippen LogP contribution in [0.15, 0.2) is 59.0 Å². The van der Waals surface area contributed by atoms with Gasteiger partial charge in [-0.2, -0.15) is 0 Å². The van der Waals surface area contributed by atoms with Gasteiger partial charge >= 0.3 is 0 Å². The molecule has 0 unspecified atom stereocenters. The number of carbonyl (C=O) groups is 1. The maximum atomic E-state index is 11.5. The molecule has 1 rings (SSSR count). The van der Waals surface area contributed by atoms with Crippen LogP contribution in [0.4, 0.5) is 0 Å². The molecular formula is C22H31NO5S. The van der Waals surface area contributed by atoms with E-state index < -0.39 is 21.8 Å². The van der Waals surface area contributed by atoms with Gasteiger partial charge in [0.15, 0.2) is 9.84 Å². The Labute approximate surface area is 173 Å². The van der Waals surface area contributed by atoms with Gasteiger partial charge in [-0.15, -0.1) is 0 Å². The zero-order valence-electron chi connectivity index (χ0n) is 17.5. The van der Waals surface area contributed by atoms with Crippen molar-refractivity contribution in [2.45, 2.75) is 39.7 Å². The number of hydrogen-bond acceptors (Lipinski definition) is 5. The van der Waals surface area contributed by atoms with Gasteiger partial charge < -0.3 is 15.2 Å². The molecule has 0 saturated heterocycles. The molecule has 0 aliphatic rings. The first-order valence-electron chi connectivity index (χ1n) is 9.42. The molecule has 0 fully saturated rings. The van der Waals surface area contributed by atoms with E-state index in [1.54, 1.807) is 24.3 Å². The zero-order valence-corrected chi connectivity index (χ0v) is 18.3. The topological polar surface area (TPSA) is 92.7 Å². The van der Waals surface area contributed by atoms with Gasteiger partial charge in [-0.3, -0.25) is 4.79 Å². The van der Waals surface area contributed by atoms with Crippen LogP contribution in [0, 0.1) is 0 Å². The van der Waals surface area contributed by atoms with E-state index in [1.165, 1.54) is 11.1 Å². The van der Waals surface area contributed by atoms with Gasteiger partial charge in [0.05, 0.1) is 6.10 Å². The number of sulfone groups is 1. The first kappa shape index (κ1) is 24.7. The number of nitrogens with one attached hydrogen (secondary N) is 1. The van der Waals surface area contributed by atoms with Gasteiger partial charge in [0, 0.05) is 24.3 Å². The Morgan fingerprint density at radius 3 is 2.41 bits per heavy atom. The number of allylic oxidation sites excluding steroid dienone is 3. The molecule has 0 aliphatic carbocycles. The van der Waals surface area contributed by atoms with E-state index in [-0.39, 0.29) is 6.54 Å². The monoisotopic (exact) mass is 421 g/mol. The highest BCUT2D eigenvalue weighted by Gasteiger charge is 2.09. The number of aliphatic hydroxyl groups is 1. The molecule has 1 aromatic rings. The number of rotatable bonds is 11. The van der Waals surface area contributed by atoms with Gasteiger partial charge in [-0.1, -0.05) is 29.4 Å². The fourth-order valence-electron chi connectivity index (χ4n) is 2.32. The Morgan fingerprint density at radius 2 is 1.83 bits per heavy atom. The Balaban J connectivity index is 2.45. The van der Waals surface area contributed by atoms with Crippen LogP contribution >= 0.6 is 0 Å². The van der Waals surface area contributed by atoms with Crippen molar-refractivity contribution in [3.8, 4) is 5.75 Å². The van der Waals surface area contributed by atoms with Crippen LogP contribution < -0.4 is 10.1 Å². The first-order valence-corrected chi connectivity index (χ1v) is 11.4. The lowest BCUT2D eigenvalue weighted by Gasteiger charge is -2.12. The van der Waals surface area contributed by atoms with Gasteiger partial charge in [-0.05, 0) is 57.4 Å². The van der Waals surface area contributed by atoms with Gasteiger partial charge in [-0.25, -0.2) is 8.42 Å². The lowest BCUT2D eigenvalue weighted by molar-refractivity contribution is -0.116. The number of ether oxygens (including phenoxy) is 1. The van der Waals surface area contributed by atoms with Crippen molar-refractivity contribution in [3.05, 3.63) is 64.6 Å². The van der Waals surface area contributed by atoms with Crippen molar-refractivity contribution >= 4 is 15.7 Å². The maximum absolute atomic E-state index is 11.5. The Kier molecular flexibility index (Phi) is 10.4. The van der Waals surface area contributed by atoms with Crippen molar-refractivity contribution in [1.82, 2.24) is 5.32 Å². The lowest BCUT2D eigenvalue weighted by Crippen LogP contribution is -2.26. The summed E-state index contributed by atoms with van der Waals surface area (Å²) in [7, 11) is -3.36. The minimum Gasteiger partial charge on any atom is -0.490 e. The third-order valence-corrected chi connectivity index (χ3v) is 4.60.